The number of pyridine rings is 2. The van der Waals surface area contributed by atoms with Gasteiger partial charge in [0, 0.05) is 23.9 Å². The van der Waals surface area contributed by atoms with Gasteiger partial charge >= 0.3 is 0 Å². The van der Waals surface area contributed by atoms with Crippen LogP contribution in [0.15, 0.2) is 23.1 Å². The number of nitrogens with one attached hydrogen (secondary N) is 1. The normalized spacial score (nSPS) is 26.9. The van der Waals surface area contributed by atoms with E-state index in [0.717, 1.165) is 24.0 Å². The topological polar surface area (TPSA) is 88.8 Å². The van der Waals surface area contributed by atoms with Gasteiger partial charge in [-0.15, -0.1) is 0 Å². The third-order valence-electron chi connectivity index (χ3n) is 6.81. The lowest BCUT2D eigenvalue weighted by Crippen LogP contribution is -2.31. The first kappa shape index (κ1) is 18.2. The molecule has 27 heavy (non-hydrogen) atoms. The van der Waals surface area contributed by atoms with Gasteiger partial charge < -0.3 is 10.7 Å². The number of carbonyl (C=O) groups excluding carboxylic acids is 1. The fourth-order valence-electron chi connectivity index (χ4n) is 5.50. The molecule has 2 aliphatic carbocycles. The molecule has 0 saturated heterocycles. The summed E-state index contributed by atoms with van der Waals surface area (Å²) < 4.78 is 0. The first-order chi connectivity index (χ1) is 13.0. The number of carbonyl (C=O) groups is 1. The van der Waals surface area contributed by atoms with Crippen molar-refractivity contribution in [2.24, 2.45) is 23.5 Å². The Kier molecular flexibility index (Phi) is 5.02. The molecule has 2 aromatic rings. The molecule has 4 rings (SSSR count). The molecule has 1 amide bonds. The molecule has 0 radical (unpaired) electrons. The van der Waals surface area contributed by atoms with E-state index in [1.807, 2.05) is 0 Å². The summed E-state index contributed by atoms with van der Waals surface area (Å²) in [4.78, 5) is 32.0. The van der Waals surface area contributed by atoms with Crippen LogP contribution in [-0.2, 0) is 0 Å². The number of aromatic amines is 1. The number of nitrogens with two attached hydrogens (primary N) is 1. The van der Waals surface area contributed by atoms with Crippen molar-refractivity contribution in [2.75, 3.05) is 0 Å². The van der Waals surface area contributed by atoms with E-state index in [1.54, 1.807) is 18.3 Å². The average Bonchev–Trinajstić information content (AvgIpc) is 2.68. The van der Waals surface area contributed by atoms with Crippen molar-refractivity contribution in [3.05, 3.63) is 39.9 Å². The smallest absolute Gasteiger partial charge is 0.268 e. The number of nitrogens with zero attached hydrogens (tertiary/aromatic N) is 1. The summed E-state index contributed by atoms with van der Waals surface area (Å²) in [5.74, 6) is 1.90. The predicted molar refractivity (Wildman–Crippen MR) is 107 cm³/mol. The van der Waals surface area contributed by atoms with Gasteiger partial charge in [-0.05, 0) is 36.7 Å². The molecule has 0 aromatic carbocycles. The maximum absolute atomic E-state index is 12.8. The molecule has 144 valence electrons. The van der Waals surface area contributed by atoms with Crippen molar-refractivity contribution in [2.45, 2.75) is 64.2 Å². The Hall–Kier alpha value is -2.17. The van der Waals surface area contributed by atoms with Gasteiger partial charge in [0.1, 0.15) is 5.69 Å². The van der Waals surface area contributed by atoms with Crippen LogP contribution >= 0.6 is 0 Å². The molecule has 2 aromatic heterocycles. The Morgan fingerprint density at radius 2 is 1.96 bits per heavy atom. The van der Waals surface area contributed by atoms with Crippen molar-refractivity contribution < 1.29 is 4.79 Å². The minimum absolute atomic E-state index is 0.0568. The number of hydrogen-bond acceptors (Lipinski definition) is 3. The largest absolute Gasteiger partial charge is 0.364 e. The molecule has 3 N–H and O–H groups in total. The number of fused-ring (bicyclic) bond motifs is 1. The van der Waals surface area contributed by atoms with Gasteiger partial charge in [-0.1, -0.05) is 45.4 Å². The molecule has 0 aliphatic heterocycles. The lowest BCUT2D eigenvalue weighted by molar-refractivity contribution is 0.0997. The molecule has 5 heteroatoms. The third kappa shape index (κ3) is 3.52. The highest BCUT2D eigenvalue weighted by Gasteiger charge is 2.36. The number of primary amides is 1. The zero-order valence-electron chi connectivity index (χ0n) is 16.0. The van der Waals surface area contributed by atoms with Crippen molar-refractivity contribution >= 4 is 16.8 Å². The molecule has 1 unspecified atom stereocenters. The fraction of sp³-hybridized carbons (Fsp3) is 0.591. The Balaban J connectivity index is 1.75. The zero-order valence-corrected chi connectivity index (χ0v) is 16.0. The van der Waals surface area contributed by atoms with Gasteiger partial charge in [-0.2, -0.15) is 0 Å². The molecule has 5 nitrogen and oxygen atoms in total. The fourth-order valence-corrected chi connectivity index (χ4v) is 5.50. The van der Waals surface area contributed by atoms with E-state index in [2.05, 4.69) is 16.9 Å². The third-order valence-corrected chi connectivity index (χ3v) is 6.81. The van der Waals surface area contributed by atoms with Crippen LogP contribution in [0.25, 0.3) is 10.9 Å². The summed E-state index contributed by atoms with van der Waals surface area (Å²) in [6, 6.07) is 3.47. The van der Waals surface area contributed by atoms with Crippen LogP contribution in [0.4, 0.5) is 0 Å². The minimum Gasteiger partial charge on any atom is -0.364 e. The second-order valence-electron chi connectivity index (χ2n) is 8.62. The van der Waals surface area contributed by atoms with E-state index in [1.165, 1.54) is 44.9 Å². The Morgan fingerprint density at radius 1 is 1.19 bits per heavy atom. The number of H-pyrrole nitrogens is 1. The first-order valence-electron chi connectivity index (χ1n) is 10.4. The highest BCUT2D eigenvalue weighted by Crippen LogP contribution is 2.47. The highest BCUT2D eigenvalue weighted by molar-refractivity contribution is 6.03. The van der Waals surface area contributed by atoms with E-state index in [-0.39, 0.29) is 11.1 Å². The summed E-state index contributed by atoms with van der Waals surface area (Å²) >= 11 is 0. The lowest BCUT2D eigenvalue weighted by atomic mass is 9.64. The Labute approximate surface area is 159 Å². The van der Waals surface area contributed by atoms with Gasteiger partial charge in [0.05, 0.1) is 10.9 Å². The SMILES string of the molecule is C[C@@H]1CCC(c2cc(=O)c3c(C(N)=O)nccc3[nH]2)[C@@H](C2CCCCC2)C1. The van der Waals surface area contributed by atoms with E-state index >= 15 is 0 Å². The minimum atomic E-state index is -0.662. The first-order valence-corrected chi connectivity index (χ1v) is 10.4. The van der Waals surface area contributed by atoms with Gasteiger partial charge in [-0.3, -0.25) is 14.6 Å². The second-order valence-corrected chi connectivity index (χ2v) is 8.62. The molecule has 2 saturated carbocycles. The van der Waals surface area contributed by atoms with Crippen LogP contribution in [-0.4, -0.2) is 15.9 Å². The Morgan fingerprint density at radius 3 is 2.70 bits per heavy atom. The molecular weight excluding hydrogens is 338 g/mol. The molecule has 2 aliphatic rings. The van der Waals surface area contributed by atoms with Crippen LogP contribution in [0.1, 0.15) is 80.4 Å². The monoisotopic (exact) mass is 367 g/mol. The quantitative estimate of drug-likeness (QED) is 0.855. The van der Waals surface area contributed by atoms with Gasteiger partial charge in [0.2, 0.25) is 0 Å². The average molecular weight is 367 g/mol. The maximum Gasteiger partial charge on any atom is 0.268 e. The van der Waals surface area contributed by atoms with Crippen LogP contribution in [0, 0.1) is 17.8 Å². The van der Waals surface area contributed by atoms with Crippen molar-refractivity contribution in [3.8, 4) is 0 Å². The van der Waals surface area contributed by atoms with Crippen LogP contribution in [0.3, 0.4) is 0 Å². The molecular formula is C22H29N3O2. The number of hydrogen-bond donors (Lipinski definition) is 2. The Bertz CT molecular complexity index is 898. The molecule has 2 fully saturated rings. The van der Waals surface area contributed by atoms with Gasteiger partial charge in [-0.25, -0.2) is 0 Å². The summed E-state index contributed by atoms with van der Waals surface area (Å²) in [6.07, 6.45) is 11.8. The van der Waals surface area contributed by atoms with Gasteiger partial charge in [0.25, 0.3) is 5.91 Å². The van der Waals surface area contributed by atoms with Crippen molar-refractivity contribution in [1.82, 2.24) is 9.97 Å². The molecule has 2 heterocycles. The summed E-state index contributed by atoms with van der Waals surface area (Å²) in [5, 5.41) is 0.312. The zero-order chi connectivity index (χ0) is 19.0. The van der Waals surface area contributed by atoms with E-state index < -0.39 is 5.91 Å². The van der Waals surface area contributed by atoms with Crippen LogP contribution in [0.2, 0.25) is 0 Å². The summed E-state index contributed by atoms with van der Waals surface area (Å²) in [5.41, 5.74) is 7.01. The molecule has 0 spiro atoms. The van der Waals surface area contributed by atoms with E-state index in [4.69, 9.17) is 5.73 Å². The number of rotatable bonds is 3. The summed E-state index contributed by atoms with van der Waals surface area (Å²) in [6.45, 7) is 2.36. The van der Waals surface area contributed by atoms with Crippen LogP contribution < -0.4 is 11.2 Å². The standard InChI is InChI=1S/C22H29N3O2/c1-13-7-8-15(16(11-13)14-5-3-2-4-6-14)18-12-19(26)20-17(25-18)9-10-24-21(20)22(23)27/h9-10,12-16H,2-8,11H2,1H3,(H2,23,27)(H,25,26)/t13-,15?,16-/m1/s1. The van der Waals surface area contributed by atoms with E-state index in [0.29, 0.717) is 22.7 Å². The number of aromatic nitrogens is 2. The lowest BCUT2D eigenvalue weighted by Gasteiger charge is -2.41. The molecule has 3 atom stereocenters. The number of amides is 1. The summed E-state index contributed by atoms with van der Waals surface area (Å²) in [7, 11) is 0. The van der Waals surface area contributed by atoms with Gasteiger partial charge in [0.15, 0.2) is 5.43 Å². The van der Waals surface area contributed by atoms with Crippen molar-refractivity contribution in [3.63, 3.8) is 0 Å². The molecule has 0 bridgehead atoms. The van der Waals surface area contributed by atoms with Crippen LogP contribution in [0.5, 0.6) is 0 Å². The highest BCUT2D eigenvalue weighted by atomic mass is 16.1. The van der Waals surface area contributed by atoms with Crippen molar-refractivity contribution in [1.29, 1.82) is 0 Å². The predicted octanol–water partition coefficient (Wildman–Crippen LogP) is 4.12. The van der Waals surface area contributed by atoms with E-state index in [9.17, 15) is 9.59 Å². The second kappa shape index (κ2) is 7.45. The maximum atomic E-state index is 12.8.